The van der Waals surface area contributed by atoms with Crippen molar-refractivity contribution in [3.8, 4) is 11.5 Å². The van der Waals surface area contributed by atoms with Crippen molar-refractivity contribution in [1.29, 1.82) is 0 Å². The Hall–Kier alpha value is -1.22. The maximum absolute atomic E-state index is 5.86. The summed E-state index contributed by atoms with van der Waals surface area (Å²) in [6, 6.07) is 4.30. The van der Waals surface area contributed by atoms with Crippen LogP contribution < -0.4 is 14.8 Å². The normalized spacial score (nSPS) is 22.0. The van der Waals surface area contributed by atoms with Crippen molar-refractivity contribution in [3.63, 3.8) is 0 Å². The zero-order valence-corrected chi connectivity index (χ0v) is 13.7. The van der Waals surface area contributed by atoms with Gasteiger partial charge in [0.15, 0.2) is 0 Å². The minimum Gasteiger partial charge on any atom is -0.496 e. The van der Waals surface area contributed by atoms with Crippen molar-refractivity contribution in [2.45, 2.75) is 52.7 Å². The van der Waals surface area contributed by atoms with Gasteiger partial charge in [-0.2, -0.15) is 0 Å². The maximum Gasteiger partial charge on any atom is 0.123 e. The molecule has 21 heavy (non-hydrogen) atoms. The van der Waals surface area contributed by atoms with E-state index in [0.717, 1.165) is 36.9 Å². The number of methoxy groups -OCH3 is 1. The van der Waals surface area contributed by atoms with E-state index in [-0.39, 0.29) is 6.10 Å². The van der Waals surface area contributed by atoms with Gasteiger partial charge in [-0.1, -0.05) is 13.8 Å². The first-order chi connectivity index (χ1) is 10.0. The summed E-state index contributed by atoms with van der Waals surface area (Å²) in [5, 5.41) is 3.63. The zero-order chi connectivity index (χ0) is 15.0. The molecule has 0 aromatic heterocycles. The Morgan fingerprint density at radius 2 is 2.14 bits per heavy atom. The lowest BCUT2D eigenvalue weighted by molar-refractivity contribution is 0.254. The van der Waals surface area contributed by atoms with Crippen molar-refractivity contribution < 1.29 is 9.47 Å². The van der Waals surface area contributed by atoms with E-state index in [1.54, 1.807) is 7.11 Å². The fourth-order valence-electron chi connectivity index (χ4n) is 3.37. The van der Waals surface area contributed by atoms with Crippen LogP contribution in [-0.2, 0) is 13.0 Å². The highest BCUT2D eigenvalue weighted by molar-refractivity contribution is 5.48. The molecule has 2 aliphatic rings. The van der Waals surface area contributed by atoms with Gasteiger partial charge in [-0.05, 0) is 43.2 Å². The number of nitrogens with one attached hydrogen (secondary N) is 1. The molecule has 1 aromatic rings. The van der Waals surface area contributed by atoms with Crippen LogP contribution in [0.25, 0.3) is 0 Å². The highest BCUT2D eigenvalue weighted by atomic mass is 16.5. The number of fused-ring (bicyclic) bond motifs is 1. The average Bonchev–Trinajstić information content (AvgIpc) is 3.14. The van der Waals surface area contributed by atoms with Crippen molar-refractivity contribution in [2.24, 2.45) is 11.3 Å². The Morgan fingerprint density at radius 3 is 2.76 bits per heavy atom. The first kappa shape index (κ1) is 14.7. The fourth-order valence-corrected chi connectivity index (χ4v) is 3.37. The van der Waals surface area contributed by atoms with Gasteiger partial charge in [0, 0.05) is 30.6 Å². The molecule has 0 bridgehead atoms. The predicted molar refractivity (Wildman–Crippen MR) is 85.0 cm³/mol. The van der Waals surface area contributed by atoms with Crippen molar-refractivity contribution >= 4 is 0 Å². The smallest absolute Gasteiger partial charge is 0.123 e. The Morgan fingerprint density at radius 1 is 1.38 bits per heavy atom. The number of ether oxygens (including phenoxy) is 2. The largest absolute Gasteiger partial charge is 0.496 e. The second-order valence-corrected chi connectivity index (χ2v) is 7.02. The van der Waals surface area contributed by atoms with E-state index < -0.39 is 0 Å². The SMILES string of the molecule is COc1cc2c(cc1CNCC1(C(C)C)CC1)OC(C)C2. The average molecular weight is 289 g/mol. The van der Waals surface area contributed by atoms with E-state index in [0.29, 0.717) is 5.41 Å². The van der Waals surface area contributed by atoms with Crippen LogP contribution in [0.15, 0.2) is 12.1 Å². The van der Waals surface area contributed by atoms with Crippen LogP contribution in [0.1, 0.15) is 44.7 Å². The van der Waals surface area contributed by atoms with Crippen molar-refractivity contribution in [2.75, 3.05) is 13.7 Å². The van der Waals surface area contributed by atoms with E-state index in [1.165, 1.54) is 24.0 Å². The second kappa shape index (κ2) is 5.53. The van der Waals surface area contributed by atoms with Gasteiger partial charge in [-0.15, -0.1) is 0 Å². The lowest BCUT2D eigenvalue weighted by Gasteiger charge is -2.20. The summed E-state index contributed by atoms with van der Waals surface area (Å²) in [7, 11) is 1.75. The third-order valence-corrected chi connectivity index (χ3v) is 5.21. The van der Waals surface area contributed by atoms with Gasteiger partial charge < -0.3 is 14.8 Å². The quantitative estimate of drug-likeness (QED) is 0.869. The molecule has 1 aliphatic heterocycles. The summed E-state index contributed by atoms with van der Waals surface area (Å²) in [6.07, 6.45) is 3.98. The van der Waals surface area contributed by atoms with Crippen LogP contribution in [0, 0.1) is 11.3 Å². The lowest BCUT2D eigenvalue weighted by Crippen LogP contribution is -2.27. The minimum absolute atomic E-state index is 0.281. The summed E-state index contributed by atoms with van der Waals surface area (Å²) in [5.41, 5.74) is 3.00. The highest BCUT2D eigenvalue weighted by Crippen LogP contribution is 2.51. The molecule has 1 aromatic carbocycles. The van der Waals surface area contributed by atoms with Gasteiger partial charge in [-0.25, -0.2) is 0 Å². The Labute approximate surface area is 128 Å². The van der Waals surface area contributed by atoms with Crippen molar-refractivity contribution in [1.82, 2.24) is 5.32 Å². The molecule has 0 radical (unpaired) electrons. The molecule has 1 heterocycles. The molecular weight excluding hydrogens is 262 g/mol. The molecular formula is C18H27NO2. The molecule has 1 fully saturated rings. The molecule has 1 aliphatic carbocycles. The summed E-state index contributed by atoms with van der Waals surface area (Å²) < 4.78 is 11.4. The Kier molecular flexibility index (Phi) is 3.87. The highest BCUT2D eigenvalue weighted by Gasteiger charge is 2.44. The van der Waals surface area contributed by atoms with Crippen molar-refractivity contribution in [3.05, 3.63) is 23.3 Å². The molecule has 1 N–H and O–H groups in total. The molecule has 3 nitrogen and oxygen atoms in total. The van der Waals surface area contributed by atoms with Gasteiger partial charge in [0.1, 0.15) is 17.6 Å². The third-order valence-electron chi connectivity index (χ3n) is 5.21. The molecule has 3 heteroatoms. The first-order valence-electron chi connectivity index (χ1n) is 8.11. The third kappa shape index (κ3) is 2.89. The summed E-state index contributed by atoms with van der Waals surface area (Å²) in [5.74, 6) is 2.77. The molecule has 3 rings (SSSR count). The molecule has 1 saturated carbocycles. The standard InChI is InChI=1S/C18H27NO2/c1-12(2)18(5-6-18)11-19-10-15-9-17-14(7-13(3)21-17)8-16(15)20-4/h8-9,12-13,19H,5-7,10-11H2,1-4H3. The summed E-state index contributed by atoms with van der Waals surface area (Å²) in [6.45, 7) is 8.73. The monoisotopic (exact) mass is 289 g/mol. The van der Waals surface area contributed by atoms with E-state index in [1.807, 2.05) is 0 Å². The van der Waals surface area contributed by atoms with Gasteiger partial charge >= 0.3 is 0 Å². The van der Waals surface area contributed by atoms with Gasteiger partial charge in [-0.3, -0.25) is 0 Å². The van der Waals surface area contributed by atoms with Gasteiger partial charge in [0.05, 0.1) is 7.11 Å². The van der Waals surface area contributed by atoms with Crippen LogP contribution >= 0.6 is 0 Å². The number of hydrogen-bond donors (Lipinski definition) is 1. The molecule has 0 spiro atoms. The van der Waals surface area contributed by atoms with E-state index in [2.05, 4.69) is 38.2 Å². The Balaban J connectivity index is 1.67. The maximum atomic E-state index is 5.86. The number of benzene rings is 1. The van der Waals surface area contributed by atoms with Gasteiger partial charge in [0.2, 0.25) is 0 Å². The van der Waals surface area contributed by atoms with Crippen LogP contribution in [-0.4, -0.2) is 19.8 Å². The summed E-state index contributed by atoms with van der Waals surface area (Å²) in [4.78, 5) is 0. The predicted octanol–water partition coefficient (Wildman–Crippen LogP) is 3.54. The Bertz CT molecular complexity index is 520. The first-order valence-corrected chi connectivity index (χ1v) is 8.11. The zero-order valence-electron chi connectivity index (χ0n) is 13.7. The van der Waals surface area contributed by atoms with Crippen LogP contribution in [0.4, 0.5) is 0 Å². The lowest BCUT2D eigenvalue weighted by atomic mass is 9.92. The van der Waals surface area contributed by atoms with Crippen LogP contribution in [0.2, 0.25) is 0 Å². The molecule has 1 atom stereocenters. The molecule has 116 valence electrons. The minimum atomic E-state index is 0.281. The van der Waals surface area contributed by atoms with Crippen LogP contribution in [0.3, 0.4) is 0 Å². The number of hydrogen-bond acceptors (Lipinski definition) is 3. The van der Waals surface area contributed by atoms with E-state index >= 15 is 0 Å². The molecule has 0 amide bonds. The topological polar surface area (TPSA) is 30.5 Å². The van der Waals surface area contributed by atoms with Gasteiger partial charge in [0.25, 0.3) is 0 Å². The van der Waals surface area contributed by atoms with E-state index in [9.17, 15) is 0 Å². The summed E-state index contributed by atoms with van der Waals surface area (Å²) >= 11 is 0. The van der Waals surface area contributed by atoms with Crippen LogP contribution in [0.5, 0.6) is 11.5 Å². The fraction of sp³-hybridized carbons (Fsp3) is 0.667. The molecule has 1 unspecified atom stereocenters. The molecule has 0 saturated heterocycles. The van der Waals surface area contributed by atoms with E-state index in [4.69, 9.17) is 9.47 Å². The second-order valence-electron chi connectivity index (χ2n) is 7.02. The number of rotatable bonds is 6.